The number of hydrogen-bond acceptors (Lipinski definition) is 4. The van der Waals surface area contributed by atoms with Crippen molar-refractivity contribution >= 4 is 33.0 Å². The van der Waals surface area contributed by atoms with Gasteiger partial charge in [0.1, 0.15) is 0 Å². The second-order valence-corrected chi connectivity index (χ2v) is 6.51. The average Bonchev–Trinajstić information content (AvgIpc) is 2.43. The van der Waals surface area contributed by atoms with Crippen LogP contribution < -0.4 is 4.72 Å². The molecule has 0 aliphatic rings. The lowest BCUT2D eigenvalue weighted by Gasteiger charge is -2.09. The lowest BCUT2D eigenvalue weighted by molar-refractivity contribution is -0.387. The summed E-state index contributed by atoms with van der Waals surface area (Å²) in [4.78, 5) is 9.72. The Morgan fingerprint density at radius 2 is 1.91 bits per heavy atom. The number of sulfonamides is 1. The summed E-state index contributed by atoms with van der Waals surface area (Å²) in [5.74, 6) is -1.45. The van der Waals surface area contributed by atoms with Crippen LogP contribution in [-0.4, -0.2) is 13.3 Å². The molecule has 0 atom stereocenters. The molecule has 0 amide bonds. The predicted octanol–water partition coefficient (Wildman–Crippen LogP) is 3.33. The minimum Gasteiger partial charge on any atom is -0.283 e. The third kappa shape index (κ3) is 3.92. The van der Waals surface area contributed by atoms with Gasteiger partial charge in [-0.05, 0) is 23.8 Å². The van der Waals surface area contributed by atoms with Gasteiger partial charge < -0.3 is 0 Å². The van der Waals surface area contributed by atoms with E-state index in [0.717, 1.165) is 18.2 Å². The lowest BCUT2D eigenvalue weighted by Crippen LogP contribution is -2.15. The quantitative estimate of drug-likeness (QED) is 0.665. The van der Waals surface area contributed by atoms with Crippen LogP contribution in [0.2, 0.25) is 5.02 Å². The zero-order chi connectivity index (χ0) is 16.3. The topological polar surface area (TPSA) is 89.3 Å². The third-order valence-electron chi connectivity index (χ3n) is 2.72. The minimum atomic E-state index is -3.84. The van der Waals surface area contributed by atoms with Gasteiger partial charge in [0, 0.05) is 11.1 Å². The van der Waals surface area contributed by atoms with E-state index in [-0.39, 0.29) is 10.7 Å². The molecular formula is C13H10ClFN2O4S. The van der Waals surface area contributed by atoms with E-state index >= 15 is 0 Å². The molecule has 0 aromatic heterocycles. The molecule has 0 unspecified atom stereocenters. The van der Waals surface area contributed by atoms with Crippen molar-refractivity contribution in [2.24, 2.45) is 0 Å². The molecule has 2 rings (SSSR count). The van der Waals surface area contributed by atoms with E-state index in [1.54, 1.807) is 24.3 Å². The van der Waals surface area contributed by atoms with Gasteiger partial charge in [0.05, 0.1) is 16.4 Å². The number of nitrogens with zero attached hydrogens (tertiary/aromatic N) is 1. The van der Waals surface area contributed by atoms with Crippen LogP contribution >= 0.6 is 11.6 Å². The number of halogens is 2. The van der Waals surface area contributed by atoms with E-state index in [1.807, 2.05) is 0 Å². The highest BCUT2D eigenvalue weighted by molar-refractivity contribution is 7.91. The number of nitro groups is 1. The van der Waals surface area contributed by atoms with Gasteiger partial charge in [-0.25, -0.2) is 8.42 Å². The van der Waals surface area contributed by atoms with E-state index in [9.17, 15) is 22.9 Å². The summed E-state index contributed by atoms with van der Waals surface area (Å²) in [7, 11) is -3.84. The molecule has 0 radical (unpaired) electrons. The fourth-order valence-corrected chi connectivity index (χ4v) is 3.25. The number of nitro benzene ring substituents is 1. The number of benzene rings is 2. The van der Waals surface area contributed by atoms with Crippen molar-refractivity contribution in [3.63, 3.8) is 0 Å². The third-order valence-corrected chi connectivity index (χ3v) is 4.33. The maximum Gasteiger partial charge on any atom is 0.306 e. The van der Waals surface area contributed by atoms with Gasteiger partial charge in [-0.3, -0.25) is 14.8 Å². The van der Waals surface area contributed by atoms with Gasteiger partial charge in [-0.1, -0.05) is 29.8 Å². The molecule has 2 aromatic carbocycles. The lowest BCUT2D eigenvalue weighted by atomic mass is 10.2. The van der Waals surface area contributed by atoms with Crippen LogP contribution in [-0.2, 0) is 15.8 Å². The molecule has 116 valence electrons. The van der Waals surface area contributed by atoms with Gasteiger partial charge in [-0.2, -0.15) is 4.39 Å². The second kappa shape index (κ2) is 6.29. The summed E-state index contributed by atoms with van der Waals surface area (Å²) in [5, 5.41) is 10.9. The molecule has 22 heavy (non-hydrogen) atoms. The molecule has 0 bridgehead atoms. The molecule has 6 nitrogen and oxygen atoms in total. The molecule has 0 saturated carbocycles. The second-order valence-electron chi connectivity index (χ2n) is 4.38. The van der Waals surface area contributed by atoms with Crippen molar-refractivity contribution < 1.29 is 17.7 Å². The van der Waals surface area contributed by atoms with Crippen molar-refractivity contribution in [3.8, 4) is 0 Å². The Bertz CT molecular complexity index is 827. The molecule has 1 N–H and O–H groups in total. The SMILES string of the molecule is O=[N+]([O-])c1cc(NS(=O)(=O)Cc2ccccc2Cl)ccc1F. The van der Waals surface area contributed by atoms with Crippen molar-refractivity contribution in [2.75, 3.05) is 4.72 Å². The zero-order valence-electron chi connectivity index (χ0n) is 11.0. The Hall–Kier alpha value is -2.19. The molecule has 9 heteroatoms. The normalized spacial score (nSPS) is 11.2. The summed E-state index contributed by atoms with van der Waals surface area (Å²) in [6.07, 6.45) is 0. The van der Waals surface area contributed by atoms with E-state index in [4.69, 9.17) is 11.6 Å². The summed E-state index contributed by atoms with van der Waals surface area (Å²) < 4.78 is 39.5. The minimum absolute atomic E-state index is 0.0971. The van der Waals surface area contributed by atoms with E-state index < -0.39 is 32.2 Å². The van der Waals surface area contributed by atoms with E-state index in [1.165, 1.54) is 0 Å². The Labute approximate surface area is 130 Å². The van der Waals surface area contributed by atoms with Crippen molar-refractivity contribution in [1.29, 1.82) is 0 Å². The molecule has 0 saturated heterocycles. The zero-order valence-corrected chi connectivity index (χ0v) is 12.6. The molecule has 0 spiro atoms. The van der Waals surface area contributed by atoms with Gasteiger partial charge in [0.25, 0.3) is 0 Å². The maximum atomic E-state index is 13.2. The van der Waals surface area contributed by atoms with Gasteiger partial charge in [0.15, 0.2) is 0 Å². The monoisotopic (exact) mass is 344 g/mol. The Kier molecular flexibility index (Phi) is 4.62. The summed E-state index contributed by atoms with van der Waals surface area (Å²) in [6, 6.07) is 9.15. The highest BCUT2D eigenvalue weighted by Gasteiger charge is 2.18. The van der Waals surface area contributed by atoms with Gasteiger partial charge in [-0.15, -0.1) is 0 Å². The number of nitrogens with one attached hydrogen (secondary N) is 1. The smallest absolute Gasteiger partial charge is 0.283 e. The number of hydrogen-bond donors (Lipinski definition) is 1. The van der Waals surface area contributed by atoms with Crippen LogP contribution in [0.5, 0.6) is 0 Å². The van der Waals surface area contributed by atoms with Crippen molar-refractivity contribution in [1.82, 2.24) is 0 Å². The summed E-state index contributed by atoms with van der Waals surface area (Å²) in [5.41, 5.74) is -0.522. The average molecular weight is 345 g/mol. The Balaban J connectivity index is 2.24. The van der Waals surface area contributed by atoms with Crippen LogP contribution in [0.25, 0.3) is 0 Å². The van der Waals surface area contributed by atoms with Gasteiger partial charge in [0.2, 0.25) is 15.8 Å². The van der Waals surface area contributed by atoms with Crippen LogP contribution in [0.15, 0.2) is 42.5 Å². The largest absolute Gasteiger partial charge is 0.306 e. The maximum absolute atomic E-state index is 13.2. The van der Waals surface area contributed by atoms with E-state index in [2.05, 4.69) is 4.72 Å². The number of anilines is 1. The fourth-order valence-electron chi connectivity index (χ4n) is 1.75. The van der Waals surface area contributed by atoms with E-state index in [0.29, 0.717) is 5.56 Å². The first-order valence-electron chi connectivity index (χ1n) is 5.96. The highest BCUT2D eigenvalue weighted by atomic mass is 35.5. The predicted molar refractivity (Wildman–Crippen MR) is 80.8 cm³/mol. The molecule has 0 aliphatic heterocycles. The highest BCUT2D eigenvalue weighted by Crippen LogP contribution is 2.24. The fraction of sp³-hybridized carbons (Fsp3) is 0.0769. The summed E-state index contributed by atoms with van der Waals surface area (Å²) >= 11 is 5.89. The molecular weight excluding hydrogens is 335 g/mol. The van der Waals surface area contributed by atoms with Crippen molar-refractivity contribution in [3.05, 3.63) is 69.0 Å². The molecule has 0 heterocycles. The first-order valence-corrected chi connectivity index (χ1v) is 7.99. The van der Waals surface area contributed by atoms with Gasteiger partial charge >= 0.3 is 5.69 Å². The van der Waals surface area contributed by atoms with Crippen molar-refractivity contribution in [2.45, 2.75) is 5.75 Å². The van der Waals surface area contributed by atoms with Crippen LogP contribution in [0.1, 0.15) is 5.56 Å². The molecule has 2 aromatic rings. The van der Waals surface area contributed by atoms with Crippen LogP contribution in [0.3, 0.4) is 0 Å². The summed E-state index contributed by atoms with van der Waals surface area (Å²) in [6.45, 7) is 0. The standard InChI is InChI=1S/C13H10ClFN2O4S/c14-11-4-2-1-3-9(11)8-22(20,21)16-10-5-6-12(15)13(7-10)17(18)19/h1-7,16H,8H2. The first kappa shape index (κ1) is 16.2. The number of rotatable bonds is 5. The Morgan fingerprint density at radius 1 is 1.23 bits per heavy atom. The molecule has 0 fully saturated rings. The van der Waals surface area contributed by atoms with Crippen LogP contribution in [0.4, 0.5) is 15.8 Å². The molecule has 0 aliphatic carbocycles. The first-order chi connectivity index (χ1) is 10.3. The van der Waals surface area contributed by atoms with Crippen LogP contribution in [0, 0.1) is 15.9 Å². The Morgan fingerprint density at radius 3 is 2.55 bits per heavy atom.